The monoisotopic (exact) mass is 115 g/mol. The summed E-state index contributed by atoms with van der Waals surface area (Å²) < 4.78 is 0. The number of hydrogen-bond acceptors (Lipinski definition) is 2. The molecular weight excluding hydrogens is 108 g/mol. The molecule has 0 amide bonds. The molecular formula is C2H7FeN2-. The van der Waals surface area contributed by atoms with Crippen molar-refractivity contribution >= 4 is 0 Å². The standard InChI is InChI=1S/C2H7N2.Fe/c3-1-2-4;/h1H,2-4H2;/q-1;. The van der Waals surface area contributed by atoms with E-state index in [1.807, 2.05) is 0 Å². The summed E-state index contributed by atoms with van der Waals surface area (Å²) in [6, 6.07) is 0. The first-order valence-electron chi connectivity index (χ1n) is 1.15. The molecule has 0 spiro atoms. The molecule has 0 unspecified atom stereocenters. The topological polar surface area (TPSA) is 52.0 Å². The van der Waals surface area contributed by atoms with Crippen molar-refractivity contribution in [3.05, 3.63) is 6.54 Å². The number of rotatable bonds is 1. The molecule has 2 nitrogen and oxygen atoms in total. The summed E-state index contributed by atoms with van der Waals surface area (Å²) in [5.41, 5.74) is 9.62. The Morgan fingerprint density at radius 2 is 1.80 bits per heavy atom. The Morgan fingerprint density at radius 3 is 1.80 bits per heavy atom. The molecule has 0 aromatic carbocycles. The molecule has 5 heavy (non-hydrogen) atoms. The van der Waals surface area contributed by atoms with Gasteiger partial charge in [0, 0.05) is 17.1 Å². The largest absolute Gasteiger partial charge is 0.482 e. The third-order valence-corrected chi connectivity index (χ3v) is 0.136. The van der Waals surface area contributed by atoms with Crippen LogP contribution in [0.5, 0.6) is 0 Å². The number of hydrogen-bond donors (Lipinski definition) is 2. The Morgan fingerprint density at radius 1 is 1.60 bits per heavy atom. The predicted molar refractivity (Wildman–Crippen MR) is 17.5 cm³/mol. The van der Waals surface area contributed by atoms with E-state index in [-0.39, 0.29) is 17.1 Å². The van der Waals surface area contributed by atoms with Crippen LogP contribution in [0.15, 0.2) is 0 Å². The molecule has 0 saturated carbocycles. The zero-order valence-corrected chi connectivity index (χ0v) is 3.90. The molecule has 0 rings (SSSR count). The van der Waals surface area contributed by atoms with Crippen molar-refractivity contribution in [2.24, 2.45) is 11.5 Å². The molecule has 34 valence electrons. The molecule has 0 aliphatic heterocycles. The maximum Gasteiger partial charge on any atom is 0 e. The summed E-state index contributed by atoms with van der Waals surface area (Å²) in [7, 11) is 0. The van der Waals surface area contributed by atoms with Crippen LogP contribution in [0, 0.1) is 6.54 Å². The Bertz CT molecular complexity index is 9.61. The van der Waals surface area contributed by atoms with Crippen LogP contribution in [0.3, 0.4) is 0 Å². The fraction of sp³-hybridized carbons (Fsp3) is 0.500. The summed E-state index contributed by atoms with van der Waals surface area (Å²) in [4.78, 5) is 0. The molecule has 0 fully saturated rings. The minimum absolute atomic E-state index is 0. The number of nitrogens with two attached hydrogens (primary N) is 2. The molecule has 0 aromatic heterocycles. The van der Waals surface area contributed by atoms with E-state index in [9.17, 15) is 0 Å². The van der Waals surface area contributed by atoms with Gasteiger partial charge in [0.1, 0.15) is 0 Å². The molecule has 0 saturated heterocycles. The average molecular weight is 115 g/mol. The van der Waals surface area contributed by atoms with Gasteiger partial charge in [0.25, 0.3) is 0 Å². The first-order chi connectivity index (χ1) is 1.91. The van der Waals surface area contributed by atoms with Crippen LogP contribution >= 0.6 is 0 Å². The quantitative estimate of drug-likeness (QED) is 0.342. The predicted octanol–water partition coefficient (Wildman–Crippen LogP) is -0.937. The van der Waals surface area contributed by atoms with Crippen LogP contribution in [0.25, 0.3) is 0 Å². The van der Waals surface area contributed by atoms with Crippen LogP contribution in [-0.4, -0.2) is 6.54 Å². The molecule has 0 atom stereocenters. The van der Waals surface area contributed by atoms with Crippen LogP contribution in [0.1, 0.15) is 0 Å². The van der Waals surface area contributed by atoms with Crippen molar-refractivity contribution in [1.29, 1.82) is 0 Å². The van der Waals surface area contributed by atoms with E-state index in [4.69, 9.17) is 11.5 Å². The van der Waals surface area contributed by atoms with E-state index in [1.54, 1.807) is 0 Å². The minimum atomic E-state index is 0. The maximum atomic E-state index is 4.85. The summed E-state index contributed by atoms with van der Waals surface area (Å²) in [6.45, 7) is 1.88. The normalized spacial score (nSPS) is 6.00. The van der Waals surface area contributed by atoms with E-state index in [0.29, 0.717) is 6.54 Å². The average Bonchev–Trinajstić information content (AvgIpc) is 1.37. The van der Waals surface area contributed by atoms with Crippen molar-refractivity contribution in [1.82, 2.24) is 0 Å². The Balaban J connectivity index is 0. The van der Waals surface area contributed by atoms with E-state index in [1.165, 1.54) is 6.54 Å². The second kappa shape index (κ2) is 8.83. The van der Waals surface area contributed by atoms with Crippen molar-refractivity contribution in [3.63, 3.8) is 0 Å². The summed E-state index contributed by atoms with van der Waals surface area (Å²) in [5, 5.41) is 0. The van der Waals surface area contributed by atoms with E-state index in [0.717, 1.165) is 0 Å². The van der Waals surface area contributed by atoms with Gasteiger partial charge in [-0.25, -0.2) is 0 Å². The van der Waals surface area contributed by atoms with Crippen LogP contribution in [0.2, 0.25) is 0 Å². The van der Waals surface area contributed by atoms with Gasteiger partial charge < -0.3 is 11.5 Å². The second-order valence-electron chi connectivity index (χ2n) is 0.471. The molecule has 4 N–H and O–H groups in total. The van der Waals surface area contributed by atoms with Gasteiger partial charge in [0.2, 0.25) is 0 Å². The van der Waals surface area contributed by atoms with Gasteiger partial charge in [-0.1, -0.05) is 0 Å². The molecule has 0 aliphatic carbocycles. The van der Waals surface area contributed by atoms with Gasteiger partial charge in [-0.05, 0) is 0 Å². The van der Waals surface area contributed by atoms with Crippen LogP contribution < -0.4 is 11.5 Å². The second-order valence-corrected chi connectivity index (χ2v) is 0.471. The van der Waals surface area contributed by atoms with Gasteiger partial charge in [-0.15, -0.1) is 6.54 Å². The molecule has 0 aromatic rings. The molecule has 0 radical (unpaired) electrons. The third-order valence-electron chi connectivity index (χ3n) is 0.136. The maximum absolute atomic E-state index is 4.85. The first-order valence-corrected chi connectivity index (χ1v) is 1.15. The summed E-state index contributed by atoms with van der Waals surface area (Å²) >= 11 is 0. The zero-order chi connectivity index (χ0) is 3.41. The Labute approximate surface area is 42.4 Å². The van der Waals surface area contributed by atoms with Crippen LogP contribution in [-0.2, 0) is 17.1 Å². The molecule has 0 aliphatic rings. The third kappa shape index (κ3) is 12.8. The molecule has 3 heteroatoms. The van der Waals surface area contributed by atoms with Crippen molar-refractivity contribution in [2.75, 3.05) is 6.54 Å². The fourth-order valence-corrected chi connectivity index (χ4v) is 0. The van der Waals surface area contributed by atoms with Crippen molar-refractivity contribution in [3.8, 4) is 0 Å². The van der Waals surface area contributed by atoms with E-state index < -0.39 is 0 Å². The minimum Gasteiger partial charge on any atom is -0.482 e. The smallest absolute Gasteiger partial charge is 0 e. The van der Waals surface area contributed by atoms with Gasteiger partial charge in [-0.2, -0.15) is 0 Å². The van der Waals surface area contributed by atoms with E-state index >= 15 is 0 Å². The summed E-state index contributed by atoms with van der Waals surface area (Å²) in [6.07, 6.45) is 0. The summed E-state index contributed by atoms with van der Waals surface area (Å²) in [5.74, 6) is 0. The van der Waals surface area contributed by atoms with Gasteiger partial charge in [0.05, 0.1) is 0 Å². The Hall–Kier alpha value is 0.439. The van der Waals surface area contributed by atoms with Gasteiger partial charge in [0.15, 0.2) is 0 Å². The SMILES string of the molecule is N[CH-]CN.[Fe]. The molecule has 0 heterocycles. The first kappa shape index (κ1) is 9.06. The fourth-order valence-electron chi connectivity index (χ4n) is 0. The van der Waals surface area contributed by atoms with Crippen molar-refractivity contribution < 1.29 is 17.1 Å². The van der Waals surface area contributed by atoms with Crippen LogP contribution in [0.4, 0.5) is 0 Å². The zero-order valence-electron chi connectivity index (χ0n) is 2.79. The Kier molecular flexibility index (Phi) is 16.0. The van der Waals surface area contributed by atoms with Crippen molar-refractivity contribution in [2.45, 2.75) is 0 Å². The van der Waals surface area contributed by atoms with Gasteiger partial charge in [-0.3, -0.25) is 6.54 Å². The molecule has 0 bridgehead atoms. The van der Waals surface area contributed by atoms with E-state index in [2.05, 4.69) is 0 Å². The van der Waals surface area contributed by atoms with Gasteiger partial charge >= 0.3 is 0 Å².